The maximum atomic E-state index is 9.19. The van der Waals surface area contributed by atoms with Crippen molar-refractivity contribution >= 4 is 0 Å². The van der Waals surface area contributed by atoms with E-state index < -0.39 is 0 Å². The molecule has 1 unspecified atom stereocenters. The number of nitrogens with zero attached hydrogens (tertiary/aromatic N) is 3. The van der Waals surface area contributed by atoms with Crippen LogP contribution in [0.25, 0.3) is 0 Å². The van der Waals surface area contributed by atoms with Gasteiger partial charge in [0.25, 0.3) is 0 Å². The largest absolute Gasteiger partial charge is 0.395 e. The number of hydrogen-bond donors (Lipinski definition) is 1. The highest BCUT2D eigenvalue weighted by atomic mass is 16.3. The Balaban J connectivity index is 1.85. The normalized spacial score (nSPS) is 22.4. The molecule has 0 spiro atoms. The zero-order valence-electron chi connectivity index (χ0n) is 9.26. The third kappa shape index (κ3) is 2.38. The van der Waals surface area contributed by atoms with Gasteiger partial charge in [-0.15, -0.1) is 0 Å². The lowest BCUT2D eigenvalue weighted by Gasteiger charge is -2.22. The molecule has 84 valence electrons. The molecule has 1 aliphatic heterocycles. The molecule has 1 N–H and O–H groups in total. The van der Waals surface area contributed by atoms with Gasteiger partial charge in [0.15, 0.2) is 0 Å². The van der Waals surface area contributed by atoms with Crippen LogP contribution in [0.2, 0.25) is 0 Å². The Bertz CT molecular complexity index is 311. The predicted molar refractivity (Wildman–Crippen MR) is 58.6 cm³/mol. The van der Waals surface area contributed by atoms with Gasteiger partial charge in [-0.05, 0) is 25.5 Å². The Hall–Kier alpha value is -0.870. The molecule has 0 saturated carbocycles. The summed E-state index contributed by atoms with van der Waals surface area (Å²) in [7, 11) is 1.98. The van der Waals surface area contributed by atoms with E-state index in [9.17, 15) is 5.11 Å². The molecule has 4 heteroatoms. The third-order valence-corrected chi connectivity index (χ3v) is 3.29. The molecule has 2 rings (SSSR count). The maximum absolute atomic E-state index is 9.19. The summed E-state index contributed by atoms with van der Waals surface area (Å²) in [5, 5.41) is 13.3. The van der Waals surface area contributed by atoms with E-state index in [0.717, 1.165) is 25.9 Å². The van der Waals surface area contributed by atoms with Crippen LogP contribution in [0.4, 0.5) is 0 Å². The van der Waals surface area contributed by atoms with Gasteiger partial charge in [0.1, 0.15) is 0 Å². The highest BCUT2D eigenvalue weighted by Crippen LogP contribution is 2.16. The Morgan fingerprint density at radius 2 is 2.47 bits per heavy atom. The summed E-state index contributed by atoms with van der Waals surface area (Å²) in [5.74, 6) is 0. The molecule has 1 saturated heterocycles. The smallest absolute Gasteiger partial charge is 0.0586 e. The van der Waals surface area contributed by atoms with E-state index in [1.54, 1.807) is 0 Å². The summed E-state index contributed by atoms with van der Waals surface area (Å²) in [6, 6.07) is 2.45. The first-order valence-corrected chi connectivity index (χ1v) is 5.63. The number of rotatable bonds is 4. The van der Waals surface area contributed by atoms with Crippen LogP contribution in [0.5, 0.6) is 0 Å². The van der Waals surface area contributed by atoms with E-state index in [1.807, 2.05) is 17.9 Å². The Morgan fingerprint density at radius 3 is 3.13 bits per heavy atom. The van der Waals surface area contributed by atoms with E-state index >= 15 is 0 Å². The Labute approximate surface area is 90.5 Å². The predicted octanol–water partition coefficient (Wildman–Crippen LogP) is 0.419. The first kappa shape index (κ1) is 10.6. The van der Waals surface area contributed by atoms with E-state index in [2.05, 4.69) is 16.1 Å². The minimum atomic E-state index is 0.297. The molecule has 4 nitrogen and oxygen atoms in total. The van der Waals surface area contributed by atoms with Gasteiger partial charge in [-0.1, -0.05) is 0 Å². The molecule has 1 atom stereocenters. The van der Waals surface area contributed by atoms with Gasteiger partial charge < -0.3 is 5.11 Å². The number of aromatic nitrogens is 2. The lowest BCUT2D eigenvalue weighted by atomic mass is 10.2. The van der Waals surface area contributed by atoms with Crippen molar-refractivity contribution in [3.63, 3.8) is 0 Å². The fourth-order valence-electron chi connectivity index (χ4n) is 2.30. The number of aryl methyl sites for hydroxylation is 1. The quantitative estimate of drug-likeness (QED) is 0.781. The second kappa shape index (κ2) is 4.77. The lowest BCUT2D eigenvalue weighted by Crippen LogP contribution is -2.34. The van der Waals surface area contributed by atoms with Gasteiger partial charge in [0.2, 0.25) is 0 Å². The topological polar surface area (TPSA) is 41.3 Å². The first-order chi connectivity index (χ1) is 7.31. The zero-order chi connectivity index (χ0) is 10.7. The van der Waals surface area contributed by atoms with Crippen molar-refractivity contribution in [2.24, 2.45) is 7.05 Å². The van der Waals surface area contributed by atoms with Gasteiger partial charge in [0.05, 0.1) is 6.61 Å². The molecule has 0 aliphatic carbocycles. The average Bonchev–Trinajstić information content (AvgIpc) is 2.83. The molecule has 15 heavy (non-hydrogen) atoms. The maximum Gasteiger partial charge on any atom is 0.0586 e. The summed E-state index contributed by atoms with van der Waals surface area (Å²) in [4.78, 5) is 2.38. The molecular formula is C11H19N3O. The number of hydrogen-bond acceptors (Lipinski definition) is 3. The van der Waals surface area contributed by atoms with Crippen LogP contribution in [-0.2, 0) is 13.5 Å². The first-order valence-electron chi connectivity index (χ1n) is 5.63. The van der Waals surface area contributed by atoms with E-state index in [1.165, 1.54) is 12.1 Å². The molecule has 0 amide bonds. The van der Waals surface area contributed by atoms with Crippen molar-refractivity contribution in [3.8, 4) is 0 Å². The van der Waals surface area contributed by atoms with Gasteiger partial charge >= 0.3 is 0 Å². The summed E-state index contributed by atoms with van der Waals surface area (Å²) >= 11 is 0. The van der Waals surface area contributed by atoms with Crippen LogP contribution in [0.1, 0.15) is 18.5 Å². The van der Waals surface area contributed by atoms with Crippen molar-refractivity contribution in [1.29, 1.82) is 0 Å². The van der Waals surface area contributed by atoms with Crippen LogP contribution >= 0.6 is 0 Å². The molecule has 1 aromatic rings. The monoisotopic (exact) mass is 209 g/mol. The van der Waals surface area contributed by atoms with E-state index in [4.69, 9.17) is 0 Å². The highest BCUT2D eigenvalue weighted by Gasteiger charge is 2.23. The number of likely N-dealkylation sites (tertiary alicyclic amines) is 1. The molecule has 0 aromatic carbocycles. The summed E-state index contributed by atoms with van der Waals surface area (Å²) in [6.45, 7) is 2.46. The second-order valence-electron chi connectivity index (χ2n) is 4.21. The molecular weight excluding hydrogens is 190 g/mol. The molecule has 0 bridgehead atoms. The van der Waals surface area contributed by atoms with E-state index in [-0.39, 0.29) is 0 Å². The van der Waals surface area contributed by atoms with E-state index in [0.29, 0.717) is 12.6 Å². The molecule has 0 radical (unpaired) electrons. The SMILES string of the molecule is Cn1nccc1CCN1CCCC1CO. The third-order valence-electron chi connectivity index (χ3n) is 3.29. The van der Waals surface area contributed by atoms with Crippen LogP contribution in [-0.4, -0.2) is 45.5 Å². The van der Waals surface area contributed by atoms with Crippen molar-refractivity contribution in [2.75, 3.05) is 19.7 Å². The van der Waals surface area contributed by atoms with Gasteiger partial charge in [-0.3, -0.25) is 9.58 Å². The zero-order valence-corrected chi connectivity index (χ0v) is 9.26. The Morgan fingerprint density at radius 1 is 1.60 bits per heavy atom. The summed E-state index contributed by atoms with van der Waals surface area (Å²) < 4.78 is 1.92. The number of aliphatic hydroxyl groups excluding tert-OH is 1. The molecule has 1 aliphatic rings. The fourth-order valence-corrected chi connectivity index (χ4v) is 2.30. The summed E-state index contributed by atoms with van der Waals surface area (Å²) in [6.07, 6.45) is 5.22. The minimum Gasteiger partial charge on any atom is -0.395 e. The standard InChI is InChI=1S/C11H19N3O/c1-13-10(4-6-12-13)5-8-14-7-2-3-11(14)9-15/h4,6,11,15H,2-3,5,7-9H2,1H3. The molecule has 1 fully saturated rings. The minimum absolute atomic E-state index is 0.297. The molecule has 1 aromatic heterocycles. The average molecular weight is 209 g/mol. The van der Waals surface area contributed by atoms with Crippen molar-refractivity contribution in [2.45, 2.75) is 25.3 Å². The van der Waals surface area contributed by atoms with Crippen LogP contribution in [0.15, 0.2) is 12.3 Å². The van der Waals surface area contributed by atoms with Crippen LogP contribution in [0.3, 0.4) is 0 Å². The molecule has 2 heterocycles. The van der Waals surface area contributed by atoms with Crippen molar-refractivity contribution in [1.82, 2.24) is 14.7 Å². The van der Waals surface area contributed by atoms with Crippen molar-refractivity contribution < 1.29 is 5.11 Å². The van der Waals surface area contributed by atoms with Gasteiger partial charge in [-0.25, -0.2) is 0 Å². The summed E-state index contributed by atoms with van der Waals surface area (Å²) in [5.41, 5.74) is 1.26. The van der Waals surface area contributed by atoms with Gasteiger partial charge in [0, 0.05) is 37.9 Å². The van der Waals surface area contributed by atoms with Gasteiger partial charge in [-0.2, -0.15) is 5.10 Å². The Kier molecular flexibility index (Phi) is 3.38. The highest BCUT2D eigenvalue weighted by molar-refractivity contribution is 5.00. The number of aliphatic hydroxyl groups is 1. The second-order valence-corrected chi connectivity index (χ2v) is 4.21. The van der Waals surface area contributed by atoms with Crippen LogP contribution in [0, 0.1) is 0 Å². The van der Waals surface area contributed by atoms with Crippen molar-refractivity contribution in [3.05, 3.63) is 18.0 Å². The lowest BCUT2D eigenvalue weighted by molar-refractivity contribution is 0.159. The fraction of sp³-hybridized carbons (Fsp3) is 0.727. The van der Waals surface area contributed by atoms with Crippen LogP contribution < -0.4 is 0 Å².